The number of pyridine rings is 2. The number of nitrogens with zero attached hydrogens (tertiary/aromatic N) is 3. The first-order chi connectivity index (χ1) is 6.43. The Morgan fingerprint density at radius 1 is 1.31 bits per heavy atom. The van der Waals surface area contributed by atoms with Crippen molar-refractivity contribution in [1.82, 2.24) is 20.2 Å². The second kappa shape index (κ2) is 2.26. The molecule has 1 aromatic heterocycles. The van der Waals surface area contributed by atoms with Gasteiger partial charge < -0.3 is 4.98 Å². The lowest BCUT2D eigenvalue weighted by molar-refractivity contribution is 1.10. The molecule has 4 heteroatoms. The minimum absolute atomic E-state index is 0.866. The standard InChI is InChI=1S/C9H6N4/c1-2-6-4-7-8(5-11-13-7)12-9(6)10-3-1/h1-5H,(H,10,12). The van der Waals surface area contributed by atoms with Gasteiger partial charge in [-0.15, -0.1) is 5.10 Å². The van der Waals surface area contributed by atoms with Crippen LogP contribution in [0.4, 0.5) is 0 Å². The average molecular weight is 170 g/mol. The summed E-state index contributed by atoms with van der Waals surface area (Å²) in [5.41, 5.74) is 2.66. The summed E-state index contributed by atoms with van der Waals surface area (Å²) in [7, 11) is 0. The molecule has 3 heterocycles. The van der Waals surface area contributed by atoms with Crippen molar-refractivity contribution in [2.24, 2.45) is 0 Å². The van der Waals surface area contributed by atoms with Gasteiger partial charge in [0.05, 0.1) is 11.9 Å². The van der Waals surface area contributed by atoms with E-state index in [4.69, 9.17) is 0 Å². The van der Waals surface area contributed by atoms with E-state index in [9.17, 15) is 0 Å². The van der Waals surface area contributed by atoms with Crippen LogP contribution in [0, 0.1) is 0 Å². The number of rotatable bonds is 0. The topological polar surface area (TPSA) is 54.5 Å². The van der Waals surface area contributed by atoms with Crippen molar-refractivity contribution in [3.05, 3.63) is 30.6 Å². The third-order valence-electron chi connectivity index (χ3n) is 2.01. The monoisotopic (exact) mass is 170 g/mol. The minimum atomic E-state index is 0.866. The van der Waals surface area contributed by atoms with Crippen molar-refractivity contribution in [2.75, 3.05) is 0 Å². The molecule has 0 amide bonds. The van der Waals surface area contributed by atoms with Crippen LogP contribution in [-0.2, 0) is 0 Å². The van der Waals surface area contributed by atoms with Crippen LogP contribution in [0.1, 0.15) is 0 Å². The van der Waals surface area contributed by atoms with Crippen LogP contribution >= 0.6 is 0 Å². The van der Waals surface area contributed by atoms with Crippen LogP contribution in [-0.4, -0.2) is 20.2 Å². The molecule has 0 aromatic carbocycles. The van der Waals surface area contributed by atoms with Gasteiger partial charge in [-0.2, -0.15) is 5.10 Å². The first-order valence-corrected chi connectivity index (χ1v) is 3.98. The average Bonchev–Trinajstić information content (AvgIpc) is 2.61. The smallest absolute Gasteiger partial charge is 0.137 e. The molecule has 0 saturated heterocycles. The van der Waals surface area contributed by atoms with Crippen LogP contribution in [0.5, 0.6) is 0 Å². The van der Waals surface area contributed by atoms with E-state index in [1.807, 2.05) is 18.2 Å². The molecular weight excluding hydrogens is 164 g/mol. The molecule has 1 N–H and O–H groups in total. The molecule has 0 saturated carbocycles. The van der Waals surface area contributed by atoms with Crippen LogP contribution in [0.25, 0.3) is 22.4 Å². The zero-order valence-corrected chi connectivity index (χ0v) is 6.73. The van der Waals surface area contributed by atoms with Gasteiger partial charge in [0.25, 0.3) is 0 Å². The van der Waals surface area contributed by atoms with Gasteiger partial charge in [-0.25, -0.2) is 4.98 Å². The summed E-state index contributed by atoms with van der Waals surface area (Å²) < 4.78 is 0. The van der Waals surface area contributed by atoms with Crippen LogP contribution in [0.15, 0.2) is 30.6 Å². The van der Waals surface area contributed by atoms with Gasteiger partial charge in [0.2, 0.25) is 0 Å². The van der Waals surface area contributed by atoms with Crippen molar-refractivity contribution < 1.29 is 0 Å². The van der Waals surface area contributed by atoms with Crippen LogP contribution < -0.4 is 0 Å². The van der Waals surface area contributed by atoms with Gasteiger partial charge in [-0.3, -0.25) is 0 Å². The second-order valence-corrected chi connectivity index (χ2v) is 2.85. The number of hydrogen-bond acceptors (Lipinski definition) is 3. The molecule has 1 aromatic rings. The third kappa shape index (κ3) is 0.885. The number of aromatic amines is 1. The first kappa shape index (κ1) is 6.54. The fourth-order valence-electron chi connectivity index (χ4n) is 1.39. The largest absolute Gasteiger partial charge is 0.337 e. The SMILES string of the molecule is c1cnc2[nH]c3cnnc-3cc2c1. The van der Waals surface area contributed by atoms with E-state index in [0.717, 1.165) is 22.4 Å². The maximum Gasteiger partial charge on any atom is 0.137 e. The Morgan fingerprint density at radius 3 is 3.31 bits per heavy atom. The Balaban J connectivity index is 2.52. The molecule has 0 unspecified atom stereocenters. The van der Waals surface area contributed by atoms with Crippen LogP contribution in [0.2, 0.25) is 0 Å². The third-order valence-corrected chi connectivity index (χ3v) is 2.01. The number of fused-ring (bicyclic) bond motifs is 2. The quantitative estimate of drug-likeness (QED) is 0.555. The molecular formula is C9H6N4. The van der Waals surface area contributed by atoms with E-state index in [1.54, 1.807) is 12.4 Å². The molecule has 3 rings (SSSR count). The highest BCUT2D eigenvalue weighted by Gasteiger charge is 2.06. The molecule has 0 radical (unpaired) electrons. The van der Waals surface area contributed by atoms with E-state index in [2.05, 4.69) is 20.2 Å². The number of aromatic nitrogens is 4. The van der Waals surface area contributed by atoms with Gasteiger partial charge in [0, 0.05) is 11.6 Å². The summed E-state index contributed by atoms with van der Waals surface area (Å²) in [6.45, 7) is 0. The lowest BCUT2D eigenvalue weighted by Crippen LogP contribution is -1.87. The van der Waals surface area contributed by atoms with Crippen LogP contribution in [0.3, 0.4) is 0 Å². The predicted octanol–water partition coefficient (Wildman–Crippen LogP) is 1.46. The number of nitrogens with one attached hydrogen (secondary N) is 1. The summed E-state index contributed by atoms with van der Waals surface area (Å²) in [5.74, 6) is 0. The Hall–Kier alpha value is -1.97. The lowest BCUT2D eigenvalue weighted by Gasteiger charge is -1.99. The number of hydrogen-bond donors (Lipinski definition) is 1. The maximum absolute atomic E-state index is 4.20. The molecule has 2 aliphatic heterocycles. The lowest BCUT2D eigenvalue weighted by atomic mass is 10.2. The molecule has 4 nitrogen and oxygen atoms in total. The first-order valence-electron chi connectivity index (χ1n) is 3.98. The Labute approximate surface area is 74.0 Å². The zero-order chi connectivity index (χ0) is 8.67. The second-order valence-electron chi connectivity index (χ2n) is 2.85. The fraction of sp³-hybridized carbons (Fsp3) is 0. The van der Waals surface area contributed by atoms with Crippen molar-refractivity contribution in [1.29, 1.82) is 0 Å². The molecule has 0 spiro atoms. The van der Waals surface area contributed by atoms with Gasteiger partial charge >= 0.3 is 0 Å². The van der Waals surface area contributed by atoms with E-state index in [1.165, 1.54) is 0 Å². The molecule has 2 aliphatic rings. The van der Waals surface area contributed by atoms with Crippen molar-refractivity contribution >= 4 is 11.0 Å². The highest BCUT2D eigenvalue weighted by atomic mass is 15.1. The van der Waals surface area contributed by atoms with Gasteiger partial charge in [0.1, 0.15) is 11.3 Å². The fourth-order valence-corrected chi connectivity index (χ4v) is 1.39. The Morgan fingerprint density at radius 2 is 2.31 bits per heavy atom. The Bertz CT molecular complexity index is 482. The Kier molecular flexibility index (Phi) is 1.14. The van der Waals surface area contributed by atoms with E-state index >= 15 is 0 Å². The van der Waals surface area contributed by atoms with Crippen molar-refractivity contribution in [3.63, 3.8) is 0 Å². The summed E-state index contributed by atoms with van der Waals surface area (Å²) in [6, 6.07) is 5.87. The van der Waals surface area contributed by atoms with Gasteiger partial charge in [-0.1, -0.05) is 0 Å². The van der Waals surface area contributed by atoms with E-state index in [-0.39, 0.29) is 0 Å². The normalized spacial score (nSPS) is 11.1. The summed E-state index contributed by atoms with van der Waals surface area (Å²) >= 11 is 0. The summed E-state index contributed by atoms with van der Waals surface area (Å²) in [6.07, 6.45) is 3.46. The molecule has 0 bridgehead atoms. The maximum atomic E-state index is 4.20. The molecule has 62 valence electrons. The van der Waals surface area contributed by atoms with E-state index < -0.39 is 0 Å². The van der Waals surface area contributed by atoms with Crippen molar-refractivity contribution in [2.45, 2.75) is 0 Å². The molecule has 0 fully saturated rings. The highest BCUT2D eigenvalue weighted by molar-refractivity contribution is 5.80. The number of H-pyrrole nitrogens is 1. The minimum Gasteiger partial charge on any atom is -0.337 e. The van der Waals surface area contributed by atoms with Gasteiger partial charge in [0.15, 0.2) is 0 Å². The highest BCUT2D eigenvalue weighted by Crippen LogP contribution is 2.20. The zero-order valence-electron chi connectivity index (χ0n) is 6.73. The molecule has 13 heavy (non-hydrogen) atoms. The summed E-state index contributed by atoms with van der Waals surface area (Å²) in [5, 5.41) is 8.83. The van der Waals surface area contributed by atoms with Gasteiger partial charge in [-0.05, 0) is 18.2 Å². The molecule has 0 aliphatic carbocycles. The summed E-state index contributed by atoms with van der Waals surface area (Å²) in [4.78, 5) is 7.35. The van der Waals surface area contributed by atoms with E-state index in [0.29, 0.717) is 0 Å². The van der Waals surface area contributed by atoms with Crippen molar-refractivity contribution in [3.8, 4) is 11.4 Å². The molecule has 0 atom stereocenters. The predicted molar refractivity (Wildman–Crippen MR) is 48.3 cm³/mol.